The van der Waals surface area contributed by atoms with Crippen LogP contribution in [0.15, 0.2) is 18.3 Å². The van der Waals surface area contributed by atoms with E-state index in [1.807, 2.05) is 0 Å². The predicted molar refractivity (Wildman–Crippen MR) is 55.5 cm³/mol. The molecule has 0 aliphatic heterocycles. The Morgan fingerprint density at radius 2 is 2.19 bits per heavy atom. The highest BCUT2D eigenvalue weighted by Crippen LogP contribution is 2.31. The normalized spacial score (nSPS) is 12.1. The van der Waals surface area contributed by atoms with Crippen LogP contribution in [0.3, 0.4) is 0 Å². The summed E-state index contributed by atoms with van der Waals surface area (Å²) in [5.41, 5.74) is -0.569. The molecule has 0 saturated carbocycles. The van der Waals surface area contributed by atoms with Crippen molar-refractivity contribution in [1.29, 1.82) is 0 Å². The maximum absolute atomic E-state index is 12.4. The summed E-state index contributed by atoms with van der Waals surface area (Å²) in [5, 5.41) is 0. The van der Waals surface area contributed by atoms with E-state index < -0.39 is 11.7 Å². The van der Waals surface area contributed by atoms with Crippen LogP contribution in [0, 0.1) is 0 Å². The van der Waals surface area contributed by atoms with Crippen LogP contribution in [0.25, 0.3) is 6.08 Å². The van der Waals surface area contributed by atoms with Crippen molar-refractivity contribution in [1.82, 2.24) is 4.98 Å². The standard InChI is InChI=1S/C10H9ClF3NO/c1-16-9-7(3-2-4-11)5-8(6-15-9)10(12,13)14/h2-3,5-6H,4H2,1H3. The second-order valence-corrected chi connectivity index (χ2v) is 3.19. The third-order valence-electron chi connectivity index (χ3n) is 1.79. The molecule has 0 aliphatic carbocycles. The minimum absolute atomic E-state index is 0.134. The van der Waals surface area contributed by atoms with Gasteiger partial charge in [-0.05, 0) is 6.07 Å². The molecule has 0 unspecified atom stereocenters. The predicted octanol–water partition coefficient (Wildman–Crippen LogP) is 3.36. The maximum Gasteiger partial charge on any atom is 0.417 e. The second kappa shape index (κ2) is 5.21. The van der Waals surface area contributed by atoms with E-state index in [9.17, 15) is 13.2 Å². The molecule has 1 aromatic heterocycles. The van der Waals surface area contributed by atoms with Gasteiger partial charge in [-0.15, -0.1) is 11.6 Å². The van der Waals surface area contributed by atoms with Gasteiger partial charge in [0.25, 0.3) is 0 Å². The highest BCUT2D eigenvalue weighted by molar-refractivity contribution is 6.19. The van der Waals surface area contributed by atoms with Crippen LogP contribution in [0.1, 0.15) is 11.1 Å². The molecule has 0 amide bonds. The average molecular weight is 252 g/mol. The van der Waals surface area contributed by atoms with Crippen LogP contribution < -0.4 is 4.74 Å². The Hall–Kier alpha value is -1.23. The zero-order chi connectivity index (χ0) is 12.2. The lowest BCUT2D eigenvalue weighted by atomic mass is 10.2. The van der Waals surface area contributed by atoms with Gasteiger partial charge in [0.2, 0.25) is 5.88 Å². The summed E-state index contributed by atoms with van der Waals surface area (Å²) in [6.07, 6.45) is -0.727. The van der Waals surface area contributed by atoms with Crippen molar-refractivity contribution in [2.24, 2.45) is 0 Å². The summed E-state index contributed by atoms with van der Waals surface area (Å²) >= 11 is 5.41. The van der Waals surface area contributed by atoms with Gasteiger partial charge in [0.05, 0.1) is 12.7 Å². The smallest absolute Gasteiger partial charge is 0.417 e. The number of hydrogen-bond acceptors (Lipinski definition) is 2. The molecule has 0 N–H and O–H groups in total. The Labute approximate surface area is 95.7 Å². The number of methoxy groups -OCH3 is 1. The van der Waals surface area contributed by atoms with Gasteiger partial charge in [-0.3, -0.25) is 0 Å². The van der Waals surface area contributed by atoms with Gasteiger partial charge < -0.3 is 4.74 Å². The fourth-order valence-corrected chi connectivity index (χ4v) is 1.17. The van der Waals surface area contributed by atoms with E-state index >= 15 is 0 Å². The molecular formula is C10H9ClF3NO. The summed E-state index contributed by atoms with van der Waals surface area (Å²) in [4.78, 5) is 3.58. The highest BCUT2D eigenvalue weighted by atomic mass is 35.5. The molecule has 0 aliphatic rings. The topological polar surface area (TPSA) is 22.1 Å². The van der Waals surface area contributed by atoms with E-state index in [1.54, 1.807) is 0 Å². The average Bonchev–Trinajstić information content (AvgIpc) is 2.24. The van der Waals surface area contributed by atoms with Crippen LogP contribution in [-0.4, -0.2) is 18.0 Å². The molecule has 0 radical (unpaired) electrons. The Bertz CT molecular complexity index is 390. The van der Waals surface area contributed by atoms with Gasteiger partial charge in [0.15, 0.2) is 0 Å². The van der Waals surface area contributed by atoms with Crippen molar-refractivity contribution in [3.63, 3.8) is 0 Å². The van der Waals surface area contributed by atoms with E-state index in [4.69, 9.17) is 16.3 Å². The molecule has 1 rings (SSSR count). The molecule has 0 saturated heterocycles. The summed E-state index contributed by atoms with van der Waals surface area (Å²) in [7, 11) is 1.34. The lowest BCUT2D eigenvalue weighted by Crippen LogP contribution is -2.06. The van der Waals surface area contributed by atoms with E-state index in [0.717, 1.165) is 12.3 Å². The van der Waals surface area contributed by atoms with Crippen LogP contribution in [0.2, 0.25) is 0 Å². The number of rotatable bonds is 3. The zero-order valence-corrected chi connectivity index (χ0v) is 9.14. The highest BCUT2D eigenvalue weighted by Gasteiger charge is 2.31. The zero-order valence-electron chi connectivity index (χ0n) is 8.38. The second-order valence-electron chi connectivity index (χ2n) is 2.88. The monoisotopic (exact) mass is 251 g/mol. The third kappa shape index (κ3) is 3.13. The Balaban J connectivity index is 3.16. The fraction of sp³-hybridized carbons (Fsp3) is 0.300. The SMILES string of the molecule is COc1ncc(C(F)(F)F)cc1C=CCCl. The van der Waals surface area contributed by atoms with E-state index in [2.05, 4.69) is 4.98 Å². The first-order valence-corrected chi connectivity index (χ1v) is 4.86. The van der Waals surface area contributed by atoms with Crippen LogP contribution in [0.4, 0.5) is 13.2 Å². The number of alkyl halides is 4. The molecule has 0 aromatic carbocycles. The van der Waals surface area contributed by atoms with Gasteiger partial charge in [-0.1, -0.05) is 12.2 Å². The van der Waals surface area contributed by atoms with Crippen LogP contribution in [-0.2, 0) is 6.18 Å². The van der Waals surface area contributed by atoms with Gasteiger partial charge in [-0.2, -0.15) is 13.2 Å². The molecule has 16 heavy (non-hydrogen) atoms. The summed E-state index contributed by atoms with van der Waals surface area (Å²) < 4.78 is 42.0. The van der Waals surface area contributed by atoms with Crippen molar-refractivity contribution in [3.05, 3.63) is 29.5 Å². The Morgan fingerprint density at radius 1 is 1.50 bits per heavy atom. The number of halogens is 4. The molecule has 2 nitrogen and oxygen atoms in total. The first-order valence-electron chi connectivity index (χ1n) is 4.32. The summed E-state index contributed by atoms with van der Waals surface area (Å²) in [5.74, 6) is 0.341. The third-order valence-corrected chi connectivity index (χ3v) is 1.96. The molecule has 0 fully saturated rings. The molecule has 0 spiro atoms. The van der Waals surface area contributed by atoms with E-state index in [1.165, 1.54) is 19.3 Å². The first-order chi connectivity index (χ1) is 7.49. The van der Waals surface area contributed by atoms with E-state index in [-0.39, 0.29) is 17.3 Å². The Kier molecular flexibility index (Phi) is 4.18. The maximum atomic E-state index is 12.4. The fourth-order valence-electron chi connectivity index (χ4n) is 1.09. The van der Waals surface area contributed by atoms with Crippen LogP contribution >= 0.6 is 11.6 Å². The number of nitrogens with zero attached hydrogens (tertiary/aromatic N) is 1. The van der Waals surface area contributed by atoms with Gasteiger partial charge in [0, 0.05) is 17.6 Å². The number of ether oxygens (including phenoxy) is 1. The lowest BCUT2D eigenvalue weighted by Gasteiger charge is -2.09. The van der Waals surface area contributed by atoms with Crippen molar-refractivity contribution < 1.29 is 17.9 Å². The quantitative estimate of drug-likeness (QED) is 0.769. The van der Waals surface area contributed by atoms with Gasteiger partial charge >= 0.3 is 6.18 Å². The first kappa shape index (κ1) is 12.8. The molecule has 6 heteroatoms. The van der Waals surface area contributed by atoms with E-state index in [0.29, 0.717) is 0 Å². The van der Waals surface area contributed by atoms with Gasteiger partial charge in [0.1, 0.15) is 0 Å². The van der Waals surface area contributed by atoms with Gasteiger partial charge in [-0.25, -0.2) is 4.98 Å². The largest absolute Gasteiger partial charge is 0.481 e. The molecule has 0 bridgehead atoms. The van der Waals surface area contributed by atoms with Crippen molar-refractivity contribution in [3.8, 4) is 5.88 Å². The lowest BCUT2D eigenvalue weighted by molar-refractivity contribution is -0.137. The summed E-state index contributed by atoms with van der Waals surface area (Å²) in [6.45, 7) is 0. The minimum atomic E-state index is -4.41. The number of allylic oxidation sites excluding steroid dienone is 1. The molecule has 0 atom stereocenters. The molecule has 1 aromatic rings. The number of aromatic nitrogens is 1. The minimum Gasteiger partial charge on any atom is -0.481 e. The number of hydrogen-bond donors (Lipinski definition) is 0. The van der Waals surface area contributed by atoms with Crippen LogP contribution in [0.5, 0.6) is 5.88 Å². The number of pyridine rings is 1. The Morgan fingerprint density at radius 3 is 2.69 bits per heavy atom. The molecular weight excluding hydrogens is 243 g/mol. The molecule has 1 heterocycles. The molecule has 88 valence electrons. The van der Waals surface area contributed by atoms with Crippen molar-refractivity contribution in [2.45, 2.75) is 6.18 Å². The summed E-state index contributed by atoms with van der Waals surface area (Å²) in [6, 6.07) is 0.967. The van der Waals surface area contributed by atoms with Crippen molar-refractivity contribution in [2.75, 3.05) is 13.0 Å². The van der Waals surface area contributed by atoms with Crippen molar-refractivity contribution >= 4 is 17.7 Å².